The maximum Gasteiger partial charge on any atom is 0.136 e. The highest BCUT2D eigenvalue weighted by Crippen LogP contribution is 2.52. The van der Waals surface area contributed by atoms with Gasteiger partial charge in [-0.3, -0.25) is 4.79 Å². The van der Waals surface area contributed by atoms with E-state index in [1.54, 1.807) is 0 Å². The standard InChI is InChI=1S/C11H14O/c12-10-3-1-2-9-7-4-5-8(6-7)11(9)10/h4-5,7-9,11H,1-3,6H2/t7?,8?,9-,11+/m1/s1. The molecular weight excluding hydrogens is 148 g/mol. The Morgan fingerprint density at radius 2 is 2.08 bits per heavy atom. The van der Waals surface area contributed by atoms with Gasteiger partial charge in [-0.15, -0.1) is 0 Å². The molecule has 0 N–H and O–H groups in total. The lowest BCUT2D eigenvalue weighted by Crippen LogP contribution is -2.31. The Balaban J connectivity index is 1.97. The van der Waals surface area contributed by atoms with E-state index in [1.165, 1.54) is 12.8 Å². The van der Waals surface area contributed by atoms with Crippen LogP contribution in [0.2, 0.25) is 0 Å². The zero-order valence-electron chi connectivity index (χ0n) is 7.20. The zero-order chi connectivity index (χ0) is 8.13. The average molecular weight is 162 g/mol. The highest BCUT2D eigenvalue weighted by Gasteiger charge is 2.48. The van der Waals surface area contributed by atoms with Gasteiger partial charge in [0.25, 0.3) is 0 Å². The van der Waals surface area contributed by atoms with Gasteiger partial charge in [0, 0.05) is 12.3 Å². The second-order valence-corrected chi connectivity index (χ2v) is 4.50. The van der Waals surface area contributed by atoms with Crippen LogP contribution in [0.1, 0.15) is 25.7 Å². The van der Waals surface area contributed by atoms with Crippen molar-refractivity contribution >= 4 is 5.78 Å². The van der Waals surface area contributed by atoms with E-state index in [-0.39, 0.29) is 0 Å². The summed E-state index contributed by atoms with van der Waals surface area (Å²) in [6.07, 6.45) is 9.23. The van der Waals surface area contributed by atoms with Crippen molar-refractivity contribution in [3.63, 3.8) is 0 Å². The molecule has 0 saturated heterocycles. The summed E-state index contributed by atoms with van der Waals surface area (Å²) in [5, 5.41) is 0. The molecule has 0 aromatic carbocycles. The van der Waals surface area contributed by atoms with Gasteiger partial charge in [0.05, 0.1) is 0 Å². The molecule has 3 rings (SSSR count). The number of rotatable bonds is 0. The summed E-state index contributed by atoms with van der Waals surface area (Å²) in [5.41, 5.74) is 0. The van der Waals surface area contributed by atoms with Gasteiger partial charge in [0.2, 0.25) is 0 Å². The predicted molar refractivity (Wildman–Crippen MR) is 46.6 cm³/mol. The van der Waals surface area contributed by atoms with Crippen LogP contribution in [0.15, 0.2) is 12.2 Å². The molecular formula is C11H14O. The molecule has 2 unspecified atom stereocenters. The molecule has 0 spiro atoms. The van der Waals surface area contributed by atoms with Gasteiger partial charge in [0.15, 0.2) is 0 Å². The van der Waals surface area contributed by atoms with E-state index < -0.39 is 0 Å². The monoisotopic (exact) mass is 162 g/mol. The van der Waals surface area contributed by atoms with Crippen LogP contribution in [0.4, 0.5) is 0 Å². The van der Waals surface area contributed by atoms with Crippen molar-refractivity contribution in [1.82, 2.24) is 0 Å². The first-order valence-corrected chi connectivity index (χ1v) is 5.07. The summed E-state index contributed by atoms with van der Waals surface area (Å²) in [6.45, 7) is 0. The number of Topliss-reactive ketones (excluding diaryl/α,β-unsaturated/α-hetero) is 1. The van der Waals surface area contributed by atoms with E-state index in [1.807, 2.05) is 0 Å². The lowest BCUT2D eigenvalue weighted by molar-refractivity contribution is -0.127. The summed E-state index contributed by atoms with van der Waals surface area (Å²) >= 11 is 0. The molecule has 0 aliphatic heterocycles. The molecule has 4 atom stereocenters. The molecule has 1 heteroatoms. The molecule has 3 aliphatic rings. The molecule has 0 heterocycles. The Kier molecular flexibility index (Phi) is 1.27. The number of carbonyl (C=O) groups excluding carboxylic acids is 1. The van der Waals surface area contributed by atoms with Crippen LogP contribution in [-0.4, -0.2) is 5.78 Å². The molecule has 3 aliphatic carbocycles. The van der Waals surface area contributed by atoms with Gasteiger partial charge >= 0.3 is 0 Å². The molecule has 0 radical (unpaired) electrons. The molecule has 1 nitrogen and oxygen atoms in total. The van der Waals surface area contributed by atoms with Crippen LogP contribution >= 0.6 is 0 Å². The normalized spacial score (nSPS) is 49.8. The molecule has 0 aromatic rings. The lowest BCUT2D eigenvalue weighted by Gasteiger charge is -2.30. The average Bonchev–Trinajstić information content (AvgIpc) is 2.64. The van der Waals surface area contributed by atoms with Crippen LogP contribution in [0, 0.1) is 23.7 Å². The van der Waals surface area contributed by atoms with Crippen molar-refractivity contribution in [1.29, 1.82) is 0 Å². The van der Waals surface area contributed by atoms with Crippen molar-refractivity contribution < 1.29 is 4.79 Å². The van der Waals surface area contributed by atoms with Crippen molar-refractivity contribution in [2.75, 3.05) is 0 Å². The molecule has 2 bridgehead atoms. The second-order valence-electron chi connectivity index (χ2n) is 4.50. The molecule has 2 fully saturated rings. The summed E-state index contributed by atoms with van der Waals surface area (Å²) in [6, 6.07) is 0. The van der Waals surface area contributed by atoms with Gasteiger partial charge in [-0.1, -0.05) is 12.2 Å². The van der Waals surface area contributed by atoms with Crippen LogP contribution < -0.4 is 0 Å². The molecule has 12 heavy (non-hydrogen) atoms. The highest BCUT2D eigenvalue weighted by atomic mass is 16.1. The van der Waals surface area contributed by atoms with E-state index in [2.05, 4.69) is 12.2 Å². The first-order valence-electron chi connectivity index (χ1n) is 5.07. The quantitative estimate of drug-likeness (QED) is 0.499. The second kappa shape index (κ2) is 2.21. The Bertz CT molecular complexity index is 254. The van der Waals surface area contributed by atoms with Gasteiger partial charge in [-0.05, 0) is 37.0 Å². The maximum absolute atomic E-state index is 11.6. The van der Waals surface area contributed by atoms with Crippen molar-refractivity contribution in [3.05, 3.63) is 12.2 Å². The van der Waals surface area contributed by atoms with Gasteiger partial charge < -0.3 is 0 Å². The van der Waals surface area contributed by atoms with Crippen molar-refractivity contribution in [2.45, 2.75) is 25.7 Å². The Hall–Kier alpha value is -0.590. The Morgan fingerprint density at radius 3 is 2.92 bits per heavy atom. The maximum atomic E-state index is 11.6. The van der Waals surface area contributed by atoms with Crippen LogP contribution in [0.3, 0.4) is 0 Å². The third-order valence-electron chi connectivity index (χ3n) is 3.95. The van der Waals surface area contributed by atoms with E-state index in [0.29, 0.717) is 17.6 Å². The van der Waals surface area contributed by atoms with Crippen molar-refractivity contribution in [2.24, 2.45) is 23.7 Å². The minimum atomic E-state index is 0.439. The lowest BCUT2D eigenvalue weighted by atomic mass is 9.73. The first kappa shape index (κ1) is 6.88. The number of fused-ring (bicyclic) bond motifs is 5. The van der Waals surface area contributed by atoms with E-state index in [9.17, 15) is 4.79 Å². The summed E-state index contributed by atoms with van der Waals surface area (Å²) in [5.74, 6) is 3.13. The highest BCUT2D eigenvalue weighted by molar-refractivity contribution is 5.83. The van der Waals surface area contributed by atoms with Gasteiger partial charge in [0.1, 0.15) is 5.78 Å². The van der Waals surface area contributed by atoms with Crippen LogP contribution in [0.25, 0.3) is 0 Å². The van der Waals surface area contributed by atoms with E-state index in [0.717, 1.165) is 24.7 Å². The van der Waals surface area contributed by atoms with Crippen molar-refractivity contribution in [3.8, 4) is 0 Å². The fourth-order valence-electron chi connectivity index (χ4n) is 3.47. The first-order chi connectivity index (χ1) is 5.86. The number of hydrogen-bond acceptors (Lipinski definition) is 1. The number of hydrogen-bond donors (Lipinski definition) is 0. The smallest absolute Gasteiger partial charge is 0.136 e. The van der Waals surface area contributed by atoms with Crippen LogP contribution in [0.5, 0.6) is 0 Å². The Labute approximate surface area is 72.8 Å². The largest absolute Gasteiger partial charge is 0.299 e. The number of allylic oxidation sites excluding steroid dienone is 2. The number of ketones is 1. The summed E-state index contributed by atoms with van der Waals surface area (Å²) in [7, 11) is 0. The van der Waals surface area contributed by atoms with E-state index >= 15 is 0 Å². The van der Waals surface area contributed by atoms with Gasteiger partial charge in [-0.25, -0.2) is 0 Å². The molecule has 0 aromatic heterocycles. The Morgan fingerprint density at radius 1 is 1.25 bits per heavy atom. The summed E-state index contributed by atoms with van der Waals surface area (Å²) in [4.78, 5) is 11.6. The number of carbonyl (C=O) groups is 1. The molecule has 2 saturated carbocycles. The van der Waals surface area contributed by atoms with E-state index in [4.69, 9.17) is 0 Å². The zero-order valence-corrected chi connectivity index (χ0v) is 7.20. The fourth-order valence-corrected chi connectivity index (χ4v) is 3.47. The SMILES string of the molecule is O=C1CCC[C@@H]2C3C=CC(C3)[C@H]12. The summed E-state index contributed by atoms with van der Waals surface area (Å²) < 4.78 is 0. The minimum absolute atomic E-state index is 0.439. The van der Waals surface area contributed by atoms with Crippen LogP contribution in [-0.2, 0) is 4.79 Å². The fraction of sp³-hybridized carbons (Fsp3) is 0.727. The molecule has 64 valence electrons. The third-order valence-corrected chi connectivity index (χ3v) is 3.95. The van der Waals surface area contributed by atoms with Gasteiger partial charge in [-0.2, -0.15) is 0 Å². The topological polar surface area (TPSA) is 17.1 Å². The third kappa shape index (κ3) is 0.720. The molecule has 0 amide bonds. The minimum Gasteiger partial charge on any atom is -0.299 e. The predicted octanol–water partition coefficient (Wildman–Crippen LogP) is 2.18.